The summed E-state index contributed by atoms with van der Waals surface area (Å²) in [4.78, 5) is 4.34. The minimum atomic E-state index is -0.238. The molecule has 0 aromatic carbocycles. The van der Waals surface area contributed by atoms with Crippen molar-refractivity contribution in [1.29, 1.82) is 5.41 Å². The van der Waals surface area contributed by atoms with Crippen molar-refractivity contribution in [3.8, 4) is 0 Å². The predicted molar refractivity (Wildman–Crippen MR) is 66.6 cm³/mol. The van der Waals surface area contributed by atoms with Crippen molar-refractivity contribution in [3.05, 3.63) is 18.2 Å². The Labute approximate surface area is 97.4 Å². The summed E-state index contributed by atoms with van der Waals surface area (Å²) in [6, 6.07) is 0. The van der Waals surface area contributed by atoms with Crippen LogP contribution in [0, 0.1) is 10.8 Å². The van der Waals surface area contributed by atoms with Gasteiger partial charge in [-0.15, -0.1) is 0 Å². The van der Waals surface area contributed by atoms with Crippen LogP contribution in [0.15, 0.2) is 12.4 Å². The molecule has 0 amide bonds. The molecule has 0 aliphatic rings. The van der Waals surface area contributed by atoms with Crippen molar-refractivity contribution in [1.82, 2.24) is 9.55 Å². The van der Waals surface area contributed by atoms with E-state index in [1.165, 1.54) is 0 Å². The number of imidazole rings is 1. The van der Waals surface area contributed by atoms with Gasteiger partial charge in [0.05, 0.1) is 5.84 Å². The number of nitrogens with zero attached hydrogens (tertiary/aromatic N) is 2. The normalized spacial score (nSPS) is 12.1. The second-order valence-electron chi connectivity index (χ2n) is 5.18. The van der Waals surface area contributed by atoms with E-state index in [0.717, 1.165) is 18.8 Å². The molecule has 0 bridgehead atoms. The fourth-order valence-electron chi connectivity index (χ4n) is 1.55. The number of nitrogens with two attached hydrogens (primary N) is 1. The fourth-order valence-corrected chi connectivity index (χ4v) is 1.55. The Hall–Kier alpha value is -1.32. The van der Waals surface area contributed by atoms with Gasteiger partial charge in [-0.2, -0.15) is 0 Å². The molecule has 0 unspecified atom stereocenters. The van der Waals surface area contributed by atoms with E-state index in [0.29, 0.717) is 5.92 Å². The summed E-state index contributed by atoms with van der Waals surface area (Å²) >= 11 is 0. The van der Waals surface area contributed by atoms with Crippen molar-refractivity contribution in [2.24, 2.45) is 11.1 Å². The summed E-state index contributed by atoms with van der Waals surface area (Å²) in [6.07, 6.45) is 4.68. The molecule has 0 aliphatic heterocycles. The summed E-state index contributed by atoms with van der Waals surface area (Å²) in [7, 11) is 0. The topological polar surface area (TPSA) is 67.7 Å². The van der Waals surface area contributed by atoms with Gasteiger partial charge < -0.3 is 10.3 Å². The van der Waals surface area contributed by atoms with Crippen LogP contribution < -0.4 is 5.73 Å². The van der Waals surface area contributed by atoms with E-state index in [1.54, 1.807) is 0 Å². The molecule has 0 saturated heterocycles. The molecule has 90 valence electrons. The zero-order valence-corrected chi connectivity index (χ0v) is 10.6. The number of nitrogens with one attached hydrogen (secondary N) is 1. The quantitative estimate of drug-likeness (QED) is 0.593. The second kappa shape index (κ2) is 4.68. The van der Waals surface area contributed by atoms with E-state index >= 15 is 0 Å². The van der Waals surface area contributed by atoms with Gasteiger partial charge in [-0.05, 0) is 6.42 Å². The lowest BCUT2D eigenvalue weighted by Crippen LogP contribution is -2.32. The molecule has 1 heterocycles. The summed E-state index contributed by atoms with van der Waals surface area (Å²) in [5.41, 5.74) is 5.33. The summed E-state index contributed by atoms with van der Waals surface area (Å²) in [5.74, 6) is 1.77. The molecule has 1 aromatic rings. The maximum atomic E-state index is 7.52. The summed E-state index contributed by atoms with van der Waals surface area (Å²) < 4.78 is 2.15. The second-order valence-corrected chi connectivity index (χ2v) is 5.18. The van der Waals surface area contributed by atoms with Gasteiger partial charge in [0.2, 0.25) is 0 Å². The monoisotopic (exact) mass is 222 g/mol. The zero-order chi connectivity index (χ0) is 12.3. The van der Waals surface area contributed by atoms with Gasteiger partial charge in [0, 0.05) is 30.3 Å². The molecule has 0 radical (unpaired) electrons. The van der Waals surface area contributed by atoms with Gasteiger partial charge in [0.15, 0.2) is 0 Å². The zero-order valence-electron chi connectivity index (χ0n) is 10.6. The third-order valence-electron chi connectivity index (χ3n) is 2.97. The van der Waals surface area contributed by atoms with Crippen molar-refractivity contribution in [2.75, 3.05) is 0 Å². The lowest BCUT2D eigenvalue weighted by atomic mass is 9.88. The fraction of sp³-hybridized carbons (Fsp3) is 0.667. The maximum Gasteiger partial charge on any atom is 0.111 e. The number of rotatable bonds is 5. The number of aromatic nitrogens is 2. The minimum absolute atomic E-state index is 0.238. The van der Waals surface area contributed by atoms with E-state index in [1.807, 2.05) is 26.2 Å². The summed E-state index contributed by atoms with van der Waals surface area (Å²) in [6.45, 7) is 9.13. The van der Waals surface area contributed by atoms with Crippen molar-refractivity contribution in [3.63, 3.8) is 0 Å². The molecule has 0 fully saturated rings. The van der Waals surface area contributed by atoms with Crippen LogP contribution in [0.4, 0.5) is 0 Å². The smallest absolute Gasteiger partial charge is 0.111 e. The van der Waals surface area contributed by atoms with Crippen LogP contribution in [0.5, 0.6) is 0 Å². The third-order valence-corrected chi connectivity index (χ3v) is 2.97. The standard InChI is InChI=1S/C12H22N4/c1-9(2)10-15-6-8-16(10)7-5-12(3,4)11(13)14/h6,8-9H,5,7H2,1-4H3,(H3,13,14). The Bertz CT molecular complexity index is 363. The van der Waals surface area contributed by atoms with Gasteiger partial charge in [-0.25, -0.2) is 4.98 Å². The molecule has 16 heavy (non-hydrogen) atoms. The van der Waals surface area contributed by atoms with E-state index in [9.17, 15) is 0 Å². The Balaban J connectivity index is 2.68. The number of aryl methyl sites for hydroxylation is 1. The molecule has 4 heteroatoms. The first-order valence-corrected chi connectivity index (χ1v) is 5.70. The Morgan fingerprint density at radius 3 is 2.69 bits per heavy atom. The van der Waals surface area contributed by atoms with Crippen molar-refractivity contribution in [2.45, 2.75) is 46.6 Å². The molecule has 0 aliphatic carbocycles. The van der Waals surface area contributed by atoms with Crippen LogP contribution in [0.1, 0.15) is 45.9 Å². The first-order valence-electron chi connectivity index (χ1n) is 5.70. The van der Waals surface area contributed by atoms with E-state index in [2.05, 4.69) is 23.4 Å². The Kier molecular flexibility index (Phi) is 3.73. The third kappa shape index (κ3) is 2.84. The van der Waals surface area contributed by atoms with Gasteiger partial charge in [-0.1, -0.05) is 27.7 Å². The van der Waals surface area contributed by atoms with Gasteiger partial charge in [-0.3, -0.25) is 5.41 Å². The first-order chi connectivity index (χ1) is 7.34. The van der Waals surface area contributed by atoms with Crippen LogP contribution in [-0.2, 0) is 6.54 Å². The summed E-state index contributed by atoms with van der Waals surface area (Å²) in [5, 5.41) is 7.52. The predicted octanol–water partition coefficient (Wildman–Crippen LogP) is 2.36. The van der Waals surface area contributed by atoms with Crippen molar-refractivity contribution < 1.29 is 0 Å². The molecule has 0 atom stereocenters. The molecular formula is C12H22N4. The highest BCUT2D eigenvalue weighted by atomic mass is 15.1. The highest BCUT2D eigenvalue weighted by Gasteiger charge is 2.21. The van der Waals surface area contributed by atoms with Crippen LogP contribution in [0.2, 0.25) is 0 Å². The molecule has 1 aromatic heterocycles. The van der Waals surface area contributed by atoms with E-state index < -0.39 is 0 Å². The SMILES string of the molecule is CC(C)c1nccn1CCC(C)(C)C(=N)N. The van der Waals surface area contributed by atoms with Gasteiger partial charge in [0.25, 0.3) is 0 Å². The van der Waals surface area contributed by atoms with Crippen LogP contribution in [0.3, 0.4) is 0 Å². The van der Waals surface area contributed by atoms with E-state index in [4.69, 9.17) is 11.1 Å². The average Bonchev–Trinajstić information content (AvgIpc) is 2.62. The molecule has 0 saturated carbocycles. The number of hydrogen-bond acceptors (Lipinski definition) is 2. The van der Waals surface area contributed by atoms with Gasteiger partial charge in [0.1, 0.15) is 5.82 Å². The molecule has 1 rings (SSSR count). The average molecular weight is 222 g/mol. The van der Waals surface area contributed by atoms with Crippen LogP contribution >= 0.6 is 0 Å². The lowest BCUT2D eigenvalue weighted by Gasteiger charge is -2.23. The Morgan fingerprint density at radius 1 is 1.56 bits per heavy atom. The molecule has 4 nitrogen and oxygen atoms in total. The van der Waals surface area contributed by atoms with Crippen LogP contribution in [0.25, 0.3) is 0 Å². The largest absolute Gasteiger partial charge is 0.387 e. The minimum Gasteiger partial charge on any atom is -0.387 e. The van der Waals surface area contributed by atoms with Gasteiger partial charge >= 0.3 is 0 Å². The molecule has 0 spiro atoms. The number of hydrogen-bond donors (Lipinski definition) is 2. The Morgan fingerprint density at radius 2 is 2.19 bits per heavy atom. The highest BCUT2D eigenvalue weighted by molar-refractivity contribution is 5.82. The van der Waals surface area contributed by atoms with Crippen LogP contribution in [-0.4, -0.2) is 15.4 Å². The van der Waals surface area contributed by atoms with Crippen molar-refractivity contribution >= 4 is 5.84 Å². The molecular weight excluding hydrogens is 200 g/mol. The maximum absolute atomic E-state index is 7.52. The lowest BCUT2D eigenvalue weighted by molar-refractivity contribution is 0.419. The molecule has 3 N–H and O–H groups in total. The first kappa shape index (κ1) is 12.7. The highest BCUT2D eigenvalue weighted by Crippen LogP contribution is 2.22. The van der Waals surface area contributed by atoms with E-state index in [-0.39, 0.29) is 11.3 Å². The number of amidine groups is 1.